The first-order valence-corrected chi connectivity index (χ1v) is 11.0. The van der Waals surface area contributed by atoms with Gasteiger partial charge >= 0.3 is 0 Å². The Labute approximate surface area is 188 Å². The minimum atomic E-state index is -0.553. The number of anilines is 2. The molecular formula is C21H22ClFN4O3S. The molecule has 31 heavy (non-hydrogen) atoms. The van der Waals surface area contributed by atoms with Crippen LogP contribution in [0.4, 0.5) is 15.2 Å². The van der Waals surface area contributed by atoms with E-state index in [-0.39, 0.29) is 23.2 Å². The maximum Gasteiger partial charge on any atom is 0.246 e. The molecular weight excluding hydrogens is 443 g/mol. The van der Waals surface area contributed by atoms with Crippen LogP contribution in [0, 0.1) is 12.7 Å². The molecule has 1 aliphatic rings. The summed E-state index contributed by atoms with van der Waals surface area (Å²) in [5.41, 5.74) is 4.06. The number of ether oxygens (including phenoxy) is 2. The van der Waals surface area contributed by atoms with Crippen molar-refractivity contribution in [3.8, 4) is 17.0 Å². The number of aromatic nitrogens is 2. The molecule has 0 aliphatic carbocycles. The third-order valence-corrected chi connectivity index (χ3v) is 6.00. The average molecular weight is 465 g/mol. The summed E-state index contributed by atoms with van der Waals surface area (Å²) in [4.78, 5) is 19.1. The van der Waals surface area contributed by atoms with Gasteiger partial charge in [-0.1, -0.05) is 11.6 Å². The Balaban J connectivity index is 1.48. The summed E-state index contributed by atoms with van der Waals surface area (Å²) in [7, 11) is 1.95. The van der Waals surface area contributed by atoms with Gasteiger partial charge in [0, 0.05) is 23.7 Å². The largest absolute Gasteiger partial charge is 0.489 e. The molecule has 164 valence electrons. The van der Waals surface area contributed by atoms with Gasteiger partial charge in [0.2, 0.25) is 5.91 Å². The minimum absolute atomic E-state index is 0.0247. The van der Waals surface area contributed by atoms with Crippen LogP contribution in [-0.4, -0.2) is 35.8 Å². The summed E-state index contributed by atoms with van der Waals surface area (Å²) < 4.78 is 27.0. The lowest BCUT2D eigenvalue weighted by Crippen LogP contribution is -2.28. The van der Waals surface area contributed by atoms with Crippen LogP contribution in [0.1, 0.15) is 18.3 Å². The molecule has 1 N–H and O–H groups in total. The van der Waals surface area contributed by atoms with E-state index in [0.29, 0.717) is 36.3 Å². The summed E-state index contributed by atoms with van der Waals surface area (Å²) >= 11 is 7.40. The molecule has 1 aromatic carbocycles. The van der Waals surface area contributed by atoms with Crippen molar-refractivity contribution in [2.24, 2.45) is 0 Å². The van der Waals surface area contributed by atoms with Gasteiger partial charge in [0.25, 0.3) is 0 Å². The van der Waals surface area contributed by atoms with Gasteiger partial charge in [-0.05, 0) is 32.0 Å². The molecule has 0 bridgehead atoms. The van der Waals surface area contributed by atoms with Crippen LogP contribution in [0.3, 0.4) is 0 Å². The highest BCUT2D eigenvalue weighted by Crippen LogP contribution is 2.34. The molecule has 0 fully saturated rings. The van der Waals surface area contributed by atoms with Crippen LogP contribution >= 0.6 is 22.9 Å². The lowest BCUT2D eigenvalue weighted by molar-refractivity contribution is -0.116. The summed E-state index contributed by atoms with van der Waals surface area (Å²) in [6, 6.07) is 4.97. The number of fused-ring (bicyclic) bond motifs is 1. The topological polar surface area (TPSA) is 68.6 Å². The fourth-order valence-electron chi connectivity index (χ4n) is 3.52. The van der Waals surface area contributed by atoms with Gasteiger partial charge in [-0.15, -0.1) is 11.3 Å². The van der Waals surface area contributed by atoms with Crippen molar-refractivity contribution < 1.29 is 18.7 Å². The average Bonchev–Trinajstić information content (AvgIpc) is 3.30. The summed E-state index contributed by atoms with van der Waals surface area (Å²) in [5, 5.41) is 5.17. The number of carbonyl (C=O) groups excluding carboxylic acids is 1. The van der Waals surface area contributed by atoms with Crippen LogP contribution in [0.25, 0.3) is 11.3 Å². The van der Waals surface area contributed by atoms with Crippen molar-refractivity contribution in [2.45, 2.75) is 27.0 Å². The number of hydrogen-bond acceptors (Lipinski definition) is 6. The van der Waals surface area contributed by atoms with Crippen LogP contribution in [0.5, 0.6) is 5.75 Å². The van der Waals surface area contributed by atoms with E-state index in [1.807, 2.05) is 23.4 Å². The molecule has 2 aromatic heterocycles. The van der Waals surface area contributed by atoms with Gasteiger partial charge in [-0.25, -0.2) is 9.37 Å². The van der Waals surface area contributed by atoms with E-state index in [1.54, 1.807) is 18.4 Å². The quantitative estimate of drug-likeness (QED) is 0.574. The highest BCUT2D eigenvalue weighted by Gasteiger charge is 2.22. The number of carbonyl (C=O) groups is 1. The number of benzene rings is 1. The Morgan fingerprint density at radius 1 is 1.42 bits per heavy atom. The maximum atomic E-state index is 14.3. The molecule has 0 saturated heterocycles. The van der Waals surface area contributed by atoms with E-state index >= 15 is 0 Å². The van der Waals surface area contributed by atoms with Crippen molar-refractivity contribution in [3.63, 3.8) is 0 Å². The lowest BCUT2D eigenvalue weighted by atomic mass is 10.1. The van der Waals surface area contributed by atoms with E-state index in [2.05, 4.69) is 16.4 Å². The first-order valence-electron chi connectivity index (χ1n) is 9.72. The number of halogens is 2. The van der Waals surface area contributed by atoms with Crippen LogP contribution in [-0.2, 0) is 22.7 Å². The number of nitrogens with one attached hydrogen (secondary N) is 1. The number of hydrogen-bond donors (Lipinski definition) is 1. The monoisotopic (exact) mass is 464 g/mol. The molecule has 0 unspecified atom stereocenters. The van der Waals surface area contributed by atoms with Gasteiger partial charge in [0.05, 0.1) is 35.3 Å². The van der Waals surface area contributed by atoms with Gasteiger partial charge in [-0.2, -0.15) is 0 Å². The van der Waals surface area contributed by atoms with Crippen LogP contribution in [0.15, 0.2) is 23.6 Å². The molecule has 10 heteroatoms. The highest BCUT2D eigenvalue weighted by atomic mass is 35.5. The number of rotatable bonds is 6. The van der Waals surface area contributed by atoms with Crippen LogP contribution in [0.2, 0.25) is 5.02 Å². The third-order valence-electron chi connectivity index (χ3n) is 4.96. The Hall–Kier alpha value is -2.62. The fraction of sp³-hybridized carbons (Fsp3) is 0.333. The van der Waals surface area contributed by atoms with E-state index in [0.717, 1.165) is 17.1 Å². The minimum Gasteiger partial charge on any atom is -0.489 e. The Morgan fingerprint density at radius 2 is 2.23 bits per heavy atom. The molecule has 1 amide bonds. The predicted octanol–water partition coefficient (Wildman–Crippen LogP) is 4.67. The van der Waals surface area contributed by atoms with Crippen molar-refractivity contribution in [1.82, 2.24) is 9.55 Å². The fourth-order valence-corrected chi connectivity index (χ4v) is 4.52. The van der Waals surface area contributed by atoms with E-state index in [4.69, 9.17) is 21.1 Å². The Bertz CT molecular complexity index is 1110. The smallest absolute Gasteiger partial charge is 0.246 e. The molecule has 1 aliphatic heterocycles. The normalized spacial score (nSPS) is 13.3. The zero-order chi connectivity index (χ0) is 22.1. The van der Waals surface area contributed by atoms with E-state index in [1.165, 1.54) is 17.4 Å². The first kappa shape index (κ1) is 21.6. The predicted molar refractivity (Wildman–Crippen MR) is 120 cm³/mol. The van der Waals surface area contributed by atoms with Gasteiger partial charge < -0.3 is 24.3 Å². The zero-order valence-corrected chi connectivity index (χ0v) is 18.9. The molecule has 0 saturated carbocycles. The number of thiazole rings is 1. The first-order chi connectivity index (χ1) is 14.9. The van der Waals surface area contributed by atoms with E-state index < -0.39 is 5.82 Å². The number of amides is 1. The summed E-state index contributed by atoms with van der Waals surface area (Å²) in [6.45, 7) is 5.18. The second kappa shape index (κ2) is 8.86. The third kappa shape index (κ3) is 4.39. The molecule has 0 atom stereocenters. The van der Waals surface area contributed by atoms with Gasteiger partial charge in [0.15, 0.2) is 16.7 Å². The van der Waals surface area contributed by atoms with Crippen molar-refractivity contribution in [2.75, 3.05) is 30.6 Å². The van der Waals surface area contributed by atoms with Crippen molar-refractivity contribution >= 4 is 39.7 Å². The van der Waals surface area contributed by atoms with Crippen molar-refractivity contribution in [3.05, 3.63) is 45.8 Å². The van der Waals surface area contributed by atoms with Gasteiger partial charge in [0.1, 0.15) is 13.3 Å². The highest BCUT2D eigenvalue weighted by molar-refractivity contribution is 7.14. The maximum absolute atomic E-state index is 14.3. The van der Waals surface area contributed by atoms with Crippen LogP contribution < -0.4 is 15.0 Å². The Kier molecular flexibility index (Phi) is 6.17. The van der Waals surface area contributed by atoms with Crippen molar-refractivity contribution in [1.29, 1.82) is 0 Å². The molecule has 4 rings (SSSR count). The van der Waals surface area contributed by atoms with Gasteiger partial charge in [-0.3, -0.25) is 4.79 Å². The summed E-state index contributed by atoms with van der Waals surface area (Å²) in [6.07, 6.45) is 0. The zero-order valence-electron chi connectivity index (χ0n) is 17.4. The summed E-state index contributed by atoms with van der Waals surface area (Å²) in [5.74, 6) is -0.730. The second-order valence-electron chi connectivity index (χ2n) is 7.17. The standard InChI is InChI=1S/C21H22ClFN4O3S/c1-4-30-20-14(22)6-13(7-15(20)23)16-10-31-21(24-16)25-19(28)8-27-12(2)5-17-18(27)9-29-11-26(17)3/h5-7,10H,4,8-9,11H2,1-3H3,(H,24,25,28). The molecule has 0 radical (unpaired) electrons. The SMILES string of the molecule is CCOc1c(F)cc(-c2csc(NC(=O)Cn3c(C)cc4c3COCN4C)n2)cc1Cl. The molecule has 0 spiro atoms. The number of aryl methyl sites for hydroxylation is 1. The molecule has 7 nitrogen and oxygen atoms in total. The number of nitrogens with zero attached hydrogens (tertiary/aromatic N) is 3. The Morgan fingerprint density at radius 3 is 2.97 bits per heavy atom. The second-order valence-corrected chi connectivity index (χ2v) is 8.43. The lowest BCUT2D eigenvalue weighted by Gasteiger charge is -2.25. The molecule has 3 heterocycles. The molecule has 3 aromatic rings. The van der Waals surface area contributed by atoms with E-state index in [9.17, 15) is 9.18 Å².